The number of hydrogen-bond donors (Lipinski definition) is 3. The third-order valence-corrected chi connectivity index (χ3v) is 6.40. The largest absolute Gasteiger partial charge is 0.493 e. The number of rotatable bonds is 7. The number of hydrogen-bond acceptors (Lipinski definition) is 4. The normalized spacial score (nSPS) is 18.5. The van der Waals surface area contributed by atoms with Gasteiger partial charge in [0.05, 0.1) is 66.7 Å². The summed E-state index contributed by atoms with van der Waals surface area (Å²) in [5.74, 6) is 1.60. The van der Waals surface area contributed by atoms with Crippen molar-refractivity contribution in [2.75, 3.05) is 79.8 Å². The molecule has 0 unspecified atom stereocenters. The zero-order chi connectivity index (χ0) is 20.6. The lowest BCUT2D eigenvalue weighted by atomic mass is 10.1. The van der Waals surface area contributed by atoms with Crippen LogP contribution >= 0.6 is 12.2 Å². The molecule has 7 nitrogen and oxygen atoms in total. The molecule has 0 radical (unpaired) electrons. The molecule has 0 bridgehead atoms. The number of quaternary nitrogens is 2. The first-order valence-corrected chi connectivity index (χ1v) is 11.0. The van der Waals surface area contributed by atoms with Crippen molar-refractivity contribution in [2.24, 2.45) is 0 Å². The number of piperazine rings is 1. The lowest BCUT2D eigenvalue weighted by molar-refractivity contribution is -0.917. The molecule has 0 spiro atoms. The zero-order valence-corrected chi connectivity index (χ0v) is 18.8. The minimum Gasteiger partial charge on any atom is -0.493 e. The van der Waals surface area contributed by atoms with Gasteiger partial charge < -0.3 is 34.2 Å². The van der Waals surface area contributed by atoms with E-state index in [1.54, 1.807) is 24.0 Å². The standard InChI is InChI=1S/C21H34N4O3S/c1-17-14-19(26-2)20(27-3)15-18(17)16-24-6-8-25(9-7-24)21(29)22-4-5-23-10-12-28-13-11-23/h14-15H,4-13,16H2,1-3H3,(H,22,29)/p+2. The lowest BCUT2D eigenvalue weighted by Crippen LogP contribution is -3.14. The van der Waals surface area contributed by atoms with Crippen molar-refractivity contribution in [3.05, 3.63) is 23.3 Å². The predicted octanol–water partition coefficient (Wildman–Crippen LogP) is -1.50. The highest BCUT2D eigenvalue weighted by atomic mass is 32.1. The molecule has 2 aliphatic rings. The van der Waals surface area contributed by atoms with E-state index in [0.29, 0.717) is 0 Å². The van der Waals surface area contributed by atoms with E-state index < -0.39 is 0 Å². The molecule has 1 aromatic rings. The zero-order valence-electron chi connectivity index (χ0n) is 18.0. The molecule has 2 saturated heterocycles. The summed E-state index contributed by atoms with van der Waals surface area (Å²) in [6.45, 7) is 13.3. The van der Waals surface area contributed by atoms with E-state index in [0.717, 1.165) is 88.7 Å². The maximum Gasteiger partial charge on any atom is 0.169 e. The number of ether oxygens (including phenoxy) is 3. The molecule has 0 aromatic heterocycles. The Morgan fingerprint density at radius 3 is 2.38 bits per heavy atom. The van der Waals surface area contributed by atoms with Gasteiger partial charge in [0.1, 0.15) is 19.6 Å². The third-order valence-electron chi connectivity index (χ3n) is 6.00. The van der Waals surface area contributed by atoms with Gasteiger partial charge in [0.25, 0.3) is 0 Å². The lowest BCUT2D eigenvalue weighted by Gasteiger charge is -2.34. The first-order chi connectivity index (χ1) is 14.1. The highest BCUT2D eigenvalue weighted by Crippen LogP contribution is 2.29. The molecule has 29 heavy (non-hydrogen) atoms. The molecule has 0 atom stereocenters. The van der Waals surface area contributed by atoms with E-state index in [4.69, 9.17) is 26.4 Å². The Kier molecular flexibility index (Phi) is 8.35. The molecule has 2 heterocycles. The topological polar surface area (TPSA) is 51.8 Å². The molecule has 2 aliphatic heterocycles. The van der Waals surface area contributed by atoms with Gasteiger partial charge >= 0.3 is 0 Å². The van der Waals surface area contributed by atoms with Crippen LogP contribution in [-0.2, 0) is 11.3 Å². The molecule has 2 fully saturated rings. The van der Waals surface area contributed by atoms with Gasteiger partial charge in [-0.2, -0.15) is 0 Å². The van der Waals surface area contributed by atoms with Gasteiger partial charge in [-0.05, 0) is 36.8 Å². The first-order valence-electron chi connectivity index (χ1n) is 10.6. The average Bonchev–Trinajstić information content (AvgIpc) is 2.76. The quantitative estimate of drug-likeness (QED) is 0.464. The molecule has 3 rings (SSSR count). The Labute approximate surface area is 179 Å². The number of methoxy groups -OCH3 is 2. The van der Waals surface area contributed by atoms with Crippen LogP contribution in [0, 0.1) is 6.92 Å². The first kappa shape index (κ1) is 22.1. The summed E-state index contributed by atoms with van der Waals surface area (Å²) in [5.41, 5.74) is 2.57. The fourth-order valence-corrected chi connectivity index (χ4v) is 4.34. The van der Waals surface area contributed by atoms with Crippen molar-refractivity contribution in [1.29, 1.82) is 0 Å². The fraction of sp³-hybridized carbons (Fsp3) is 0.667. The van der Waals surface area contributed by atoms with Crippen LogP contribution in [0.1, 0.15) is 11.1 Å². The molecular formula is C21H36N4O3S+2. The van der Waals surface area contributed by atoms with E-state index in [-0.39, 0.29) is 0 Å². The number of thiocarbonyl (C=S) groups is 1. The number of nitrogens with zero attached hydrogens (tertiary/aromatic N) is 1. The van der Waals surface area contributed by atoms with E-state index >= 15 is 0 Å². The van der Waals surface area contributed by atoms with Crippen molar-refractivity contribution in [3.8, 4) is 11.5 Å². The van der Waals surface area contributed by atoms with E-state index in [9.17, 15) is 0 Å². The van der Waals surface area contributed by atoms with Crippen molar-refractivity contribution < 1.29 is 24.0 Å². The van der Waals surface area contributed by atoms with E-state index in [1.807, 2.05) is 0 Å². The van der Waals surface area contributed by atoms with Crippen LogP contribution in [0.3, 0.4) is 0 Å². The number of benzene rings is 1. The van der Waals surface area contributed by atoms with Gasteiger partial charge in [-0.25, -0.2) is 0 Å². The molecule has 0 aliphatic carbocycles. The minimum atomic E-state index is 0.795. The molecule has 0 amide bonds. The maximum absolute atomic E-state index is 5.63. The SMILES string of the molecule is COc1cc(C)c(C[NH+]2CCN(C(=S)NCC[NH+]3CCOCC3)CC2)cc1OC. The highest BCUT2D eigenvalue weighted by molar-refractivity contribution is 7.80. The third kappa shape index (κ3) is 6.18. The van der Waals surface area contributed by atoms with Crippen LogP contribution in [0.5, 0.6) is 11.5 Å². The van der Waals surface area contributed by atoms with Crippen LogP contribution in [0.2, 0.25) is 0 Å². The summed E-state index contributed by atoms with van der Waals surface area (Å²) < 4.78 is 16.3. The molecule has 0 saturated carbocycles. The Hall–Kier alpha value is -1.61. The fourth-order valence-electron chi connectivity index (χ4n) is 4.05. The summed E-state index contributed by atoms with van der Waals surface area (Å²) in [7, 11) is 3.37. The number of nitrogens with one attached hydrogen (secondary N) is 3. The Bertz CT molecular complexity index is 674. The number of aryl methyl sites for hydroxylation is 1. The molecule has 3 N–H and O–H groups in total. The van der Waals surface area contributed by atoms with Gasteiger partial charge in [0.2, 0.25) is 0 Å². The summed E-state index contributed by atoms with van der Waals surface area (Å²) in [5, 5.41) is 4.36. The summed E-state index contributed by atoms with van der Waals surface area (Å²) in [4.78, 5) is 5.50. The van der Waals surface area contributed by atoms with Gasteiger partial charge in [-0.1, -0.05) is 0 Å². The number of morpholine rings is 1. The molecule has 8 heteroatoms. The van der Waals surface area contributed by atoms with Gasteiger partial charge in [-0.3, -0.25) is 0 Å². The van der Waals surface area contributed by atoms with E-state index in [1.165, 1.54) is 11.1 Å². The smallest absolute Gasteiger partial charge is 0.169 e. The van der Waals surface area contributed by atoms with Crippen molar-refractivity contribution in [2.45, 2.75) is 13.5 Å². The van der Waals surface area contributed by atoms with Crippen LogP contribution in [0.25, 0.3) is 0 Å². The van der Waals surface area contributed by atoms with E-state index in [2.05, 4.69) is 29.3 Å². The molecular weight excluding hydrogens is 388 g/mol. The highest BCUT2D eigenvalue weighted by Gasteiger charge is 2.23. The summed E-state index contributed by atoms with van der Waals surface area (Å²) >= 11 is 5.63. The minimum absolute atomic E-state index is 0.795. The van der Waals surface area contributed by atoms with Crippen LogP contribution < -0.4 is 24.6 Å². The van der Waals surface area contributed by atoms with Crippen molar-refractivity contribution in [1.82, 2.24) is 10.2 Å². The molecule has 1 aromatic carbocycles. The Morgan fingerprint density at radius 1 is 1.07 bits per heavy atom. The van der Waals surface area contributed by atoms with Gasteiger partial charge in [0.15, 0.2) is 16.6 Å². The second-order valence-corrected chi connectivity index (χ2v) is 8.28. The summed E-state index contributed by atoms with van der Waals surface area (Å²) in [6, 6.07) is 4.19. The Balaban J connectivity index is 1.42. The second kappa shape index (κ2) is 11.0. The van der Waals surface area contributed by atoms with Crippen LogP contribution in [-0.4, -0.2) is 89.8 Å². The van der Waals surface area contributed by atoms with Crippen molar-refractivity contribution in [3.63, 3.8) is 0 Å². The maximum atomic E-state index is 5.63. The average molecular weight is 425 g/mol. The molecule has 162 valence electrons. The van der Waals surface area contributed by atoms with Crippen molar-refractivity contribution >= 4 is 17.3 Å². The summed E-state index contributed by atoms with van der Waals surface area (Å²) in [6.07, 6.45) is 0. The van der Waals surface area contributed by atoms with Crippen LogP contribution in [0.4, 0.5) is 0 Å². The monoisotopic (exact) mass is 424 g/mol. The Morgan fingerprint density at radius 2 is 1.72 bits per heavy atom. The predicted molar refractivity (Wildman–Crippen MR) is 117 cm³/mol. The van der Waals surface area contributed by atoms with Gasteiger partial charge in [-0.15, -0.1) is 0 Å². The van der Waals surface area contributed by atoms with Gasteiger partial charge in [0, 0.05) is 5.56 Å². The van der Waals surface area contributed by atoms with Crippen LogP contribution in [0.15, 0.2) is 12.1 Å². The second-order valence-electron chi connectivity index (χ2n) is 7.89.